The van der Waals surface area contributed by atoms with Crippen molar-refractivity contribution < 1.29 is 9.84 Å². The minimum Gasteiger partial charge on any atom is -0.390 e. The van der Waals surface area contributed by atoms with Gasteiger partial charge in [0.25, 0.3) is 0 Å². The van der Waals surface area contributed by atoms with Gasteiger partial charge >= 0.3 is 0 Å². The van der Waals surface area contributed by atoms with E-state index in [0.29, 0.717) is 6.10 Å². The van der Waals surface area contributed by atoms with Gasteiger partial charge in [-0.3, -0.25) is 0 Å². The minimum atomic E-state index is -0.288. The molecule has 0 aliphatic carbocycles. The molecule has 64 valence electrons. The van der Waals surface area contributed by atoms with Gasteiger partial charge in [0.15, 0.2) is 0 Å². The maximum atomic E-state index is 9.45. The zero-order chi connectivity index (χ0) is 8.27. The van der Waals surface area contributed by atoms with Gasteiger partial charge in [-0.15, -0.1) is 6.58 Å². The van der Waals surface area contributed by atoms with E-state index in [9.17, 15) is 5.11 Å². The van der Waals surface area contributed by atoms with E-state index in [0.717, 1.165) is 19.3 Å². The van der Waals surface area contributed by atoms with Crippen LogP contribution in [0.25, 0.3) is 0 Å². The molecule has 1 aliphatic heterocycles. The van der Waals surface area contributed by atoms with Gasteiger partial charge in [0, 0.05) is 0 Å². The first kappa shape index (κ1) is 8.75. The number of aliphatic hydroxyl groups excluding tert-OH is 1. The first-order valence-corrected chi connectivity index (χ1v) is 4.18. The van der Waals surface area contributed by atoms with Crippen LogP contribution in [0.5, 0.6) is 0 Å². The molecule has 0 aromatic heterocycles. The first-order chi connectivity index (χ1) is 5.24. The van der Waals surface area contributed by atoms with Gasteiger partial charge in [0.2, 0.25) is 0 Å². The second-order valence-corrected chi connectivity index (χ2v) is 3.15. The summed E-state index contributed by atoms with van der Waals surface area (Å²) in [7, 11) is 0. The van der Waals surface area contributed by atoms with Crippen molar-refractivity contribution in [1.29, 1.82) is 0 Å². The molecule has 1 fully saturated rings. The van der Waals surface area contributed by atoms with E-state index >= 15 is 0 Å². The second kappa shape index (κ2) is 3.88. The van der Waals surface area contributed by atoms with Crippen molar-refractivity contribution in [3.8, 4) is 0 Å². The number of aliphatic hydroxyl groups is 1. The molecule has 0 unspecified atom stereocenters. The molecule has 1 rings (SSSR count). The highest BCUT2D eigenvalue weighted by Crippen LogP contribution is 2.21. The predicted molar refractivity (Wildman–Crippen MR) is 44.4 cm³/mol. The Labute approximate surface area is 67.9 Å². The Morgan fingerprint density at radius 2 is 2.36 bits per heavy atom. The van der Waals surface area contributed by atoms with Crippen LogP contribution in [-0.2, 0) is 4.74 Å². The summed E-state index contributed by atoms with van der Waals surface area (Å²) in [5, 5.41) is 9.45. The Morgan fingerprint density at radius 3 is 3.00 bits per heavy atom. The molecular formula is C9H16O2. The Balaban J connectivity index is 2.40. The third-order valence-electron chi connectivity index (χ3n) is 2.10. The average molecular weight is 156 g/mol. The van der Waals surface area contributed by atoms with Crippen molar-refractivity contribution in [2.45, 2.75) is 44.5 Å². The molecule has 2 nitrogen and oxygen atoms in total. The fourth-order valence-electron chi connectivity index (χ4n) is 1.43. The van der Waals surface area contributed by atoms with E-state index in [2.05, 4.69) is 6.58 Å². The van der Waals surface area contributed by atoms with E-state index in [-0.39, 0.29) is 12.2 Å². The SMILES string of the molecule is C=CC[C@H]1O[C@H](C)CC[C@H]1O. The lowest BCUT2D eigenvalue weighted by molar-refractivity contribution is -0.108. The van der Waals surface area contributed by atoms with Crippen LogP contribution in [0.4, 0.5) is 0 Å². The van der Waals surface area contributed by atoms with Gasteiger partial charge < -0.3 is 9.84 Å². The fourth-order valence-corrected chi connectivity index (χ4v) is 1.43. The number of hydrogen-bond acceptors (Lipinski definition) is 2. The quantitative estimate of drug-likeness (QED) is 0.614. The topological polar surface area (TPSA) is 29.5 Å². The van der Waals surface area contributed by atoms with E-state index in [4.69, 9.17) is 4.74 Å². The summed E-state index contributed by atoms with van der Waals surface area (Å²) in [5.74, 6) is 0. The molecule has 2 heteroatoms. The largest absolute Gasteiger partial charge is 0.390 e. The van der Waals surface area contributed by atoms with Crippen LogP contribution in [0.2, 0.25) is 0 Å². The molecule has 0 bridgehead atoms. The number of hydrogen-bond donors (Lipinski definition) is 1. The van der Waals surface area contributed by atoms with Gasteiger partial charge in [-0.2, -0.15) is 0 Å². The molecular weight excluding hydrogens is 140 g/mol. The summed E-state index contributed by atoms with van der Waals surface area (Å²) in [5.41, 5.74) is 0. The summed E-state index contributed by atoms with van der Waals surface area (Å²) >= 11 is 0. The fraction of sp³-hybridized carbons (Fsp3) is 0.778. The van der Waals surface area contributed by atoms with Crippen LogP contribution < -0.4 is 0 Å². The smallest absolute Gasteiger partial charge is 0.0871 e. The highest BCUT2D eigenvalue weighted by atomic mass is 16.5. The molecule has 1 aliphatic rings. The molecule has 1 heterocycles. The summed E-state index contributed by atoms with van der Waals surface area (Å²) in [6.45, 7) is 5.67. The van der Waals surface area contributed by atoms with Crippen molar-refractivity contribution in [2.75, 3.05) is 0 Å². The minimum absolute atomic E-state index is 0.0174. The molecule has 0 radical (unpaired) electrons. The van der Waals surface area contributed by atoms with Crippen LogP contribution in [0.15, 0.2) is 12.7 Å². The third kappa shape index (κ3) is 2.31. The van der Waals surface area contributed by atoms with Crippen molar-refractivity contribution in [2.24, 2.45) is 0 Å². The van der Waals surface area contributed by atoms with E-state index in [1.54, 1.807) is 6.08 Å². The Morgan fingerprint density at radius 1 is 1.64 bits per heavy atom. The predicted octanol–water partition coefficient (Wildman–Crippen LogP) is 1.49. The number of ether oxygens (including phenoxy) is 1. The summed E-state index contributed by atoms with van der Waals surface area (Å²) in [6, 6.07) is 0. The first-order valence-electron chi connectivity index (χ1n) is 4.18. The average Bonchev–Trinajstić information content (AvgIpc) is 1.98. The van der Waals surface area contributed by atoms with Gasteiger partial charge in [-0.05, 0) is 26.2 Å². The lowest BCUT2D eigenvalue weighted by Gasteiger charge is -2.31. The van der Waals surface area contributed by atoms with Crippen molar-refractivity contribution in [1.82, 2.24) is 0 Å². The van der Waals surface area contributed by atoms with Crippen molar-refractivity contribution in [3.05, 3.63) is 12.7 Å². The Bertz CT molecular complexity index is 134. The Hall–Kier alpha value is -0.340. The molecule has 1 N–H and O–H groups in total. The van der Waals surface area contributed by atoms with Crippen molar-refractivity contribution >= 4 is 0 Å². The molecule has 0 saturated carbocycles. The van der Waals surface area contributed by atoms with Crippen LogP contribution in [0.1, 0.15) is 26.2 Å². The van der Waals surface area contributed by atoms with Gasteiger partial charge in [0.05, 0.1) is 18.3 Å². The van der Waals surface area contributed by atoms with Crippen LogP contribution in [0.3, 0.4) is 0 Å². The molecule has 0 amide bonds. The summed E-state index contributed by atoms with van der Waals surface area (Å²) in [6.07, 6.45) is 4.37. The van der Waals surface area contributed by atoms with Crippen LogP contribution in [0, 0.1) is 0 Å². The van der Waals surface area contributed by atoms with E-state index in [1.165, 1.54) is 0 Å². The molecule has 0 aromatic carbocycles. The lowest BCUT2D eigenvalue weighted by atomic mass is 10.00. The van der Waals surface area contributed by atoms with Crippen LogP contribution in [-0.4, -0.2) is 23.4 Å². The van der Waals surface area contributed by atoms with Gasteiger partial charge in [-0.25, -0.2) is 0 Å². The number of rotatable bonds is 2. The van der Waals surface area contributed by atoms with E-state index < -0.39 is 0 Å². The maximum absolute atomic E-state index is 9.45. The second-order valence-electron chi connectivity index (χ2n) is 3.15. The lowest BCUT2D eigenvalue weighted by Crippen LogP contribution is -2.37. The molecule has 0 spiro atoms. The van der Waals surface area contributed by atoms with E-state index in [1.807, 2.05) is 6.92 Å². The van der Waals surface area contributed by atoms with Gasteiger partial charge in [0.1, 0.15) is 0 Å². The Kier molecular flexibility index (Phi) is 3.09. The molecule has 1 saturated heterocycles. The highest BCUT2D eigenvalue weighted by molar-refractivity contribution is 4.82. The monoisotopic (exact) mass is 156 g/mol. The van der Waals surface area contributed by atoms with Crippen LogP contribution >= 0.6 is 0 Å². The molecule has 3 atom stereocenters. The third-order valence-corrected chi connectivity index (χ3v) is 2.10. The maximum Gasteiger partial charge on any atom is 0.0871 e. The summed E-state index contributed by atoms with van der Waals surface area (Å²) in [4.78, 5) is 0. The summed E-state index contributed by atoms with van der Waals surface area (Å²) < 4.78 is 5.52. The highest BCUT2D eigenvalue weighted by Gasteiger charge is 2.26. The zero-order valence-electron chi connectivity index (χ0n) is 6.99. The molecule has 0 aromatic rings. The zero-order valence-corrected chi connectivity index (χ0v) is 6.99. The molecule has 11 heavy (non-hydrogen) atoms. The standard InChI is InChI=1S/C9H16O2/c1-3-4-9-8(10)6-5-7(2)11-9/h3,7-10H,1,4-6H2,2H3/t7-,8-,9-/m1/s1. The normalized spacial score (nSPS) is 38.5. The van der Waals surface area contributed by atoms with Gasteiger partial charge in [-0.1, -0.05) is 6.08 Å². The van der Waals surface area contributed by atoms with Crippen molar-refractivity contribution in [3.63, 3.8) is 0 Å².